The van der Waals surface area contributed by atoms with Crippen LogP contribution in [-0.4, -0.2) is 46.0 Å². The number of nitrogens with one attached hydrogen (secondary N) is 3. The molecule has 8 nitrogen and oxygen atoms in total. The Hall–Kier alpha value is -4.00. The van der Waals surface area contributed by atoms with Crippen LogP contribution in [0.3, 0.4) is 0 Å². The Labute approximate surface area is 196 Å². The molecule has 0 aliphatic carbocycles. The second-order valence-corrected chi connectivity index (χ2v) is 8.26. The van der Waals surface area contributed by atoms with E-state index in [9.17, 15) is 9.65 Å². The number of fused-ring (bicyclic) bond motifs is 1. The van der Waals surface area contributed by atoms with Gasteiger partial charge in [-0.15, -0.1) is 0 Å². The number of aryl methyl sites for hydroxylation is 1. The fraction of sp³-hybridized carbons (Fsp3) is 0.240. The molecular formula is C25H24FN7O. The van der Waals surface area contributed by atoms with Gasteiger partial charge in [-0.3, -0.25) is 4.90 Å². The first kappa shape index (κ1) is 21.8. The summed E-state index contributed by atoms with van der Waals surface area (Å²) in [6.07, 6.45) is 1.29. The first-order valence-electron chi connectivity index (χ1n) is 11.1. The average Bonchev–Trinajstić information content (AvgIpc) is 3.24. The zero-order chi connectivity index (χ0) is 23.5. The van der Waals surface area contributed by atoms with Gasteiger partial charge in [0, 0.05) is 55.0 Å². The van der Waals surface area contributed by atoms with E-state index in [4.69, 9.17) is 4.74 Å². The van der Waals surface area contributed by atoms with Gasteiger partial charge in [0.2, 0.25) is 5.88 Å². The van der Waals surface area contributed by atoms with Crippen LogP contribution in [0.1, 0.15) is 16.8 Å². The highest BCUT2D eigenvalue weighted by Gasteiger charge is 2.17. The van der Waals surface area contributed by atoms with Crippen molar-refractivity contribution in [1.29, 1.82) is 5.26 Å². The van der Waals surface area contributed by atoms with E-state index in [0.717, 1.165) is 44.1 Å². The van der Waals surface area contributed by atoms with Crippen LogP contribution < -0.4 is 15.4 Å². The van der Waals surface area contributed by atoms with E-state index in [1.54, 1.807) is 12.1 Å². The number of nitrogens with zero attached hydrogens (tertiary/aromatic N) is 4. The van der Waals surface area contributed by atoms with E-state index < -0.39 is 5.82 Å². The van der Waals surface area contributed by atoms with Crippen molar-refractivity contribution in [1.82, 2.24) is 25.2 Å². The summed E-state index contributed by atoms with van der Waals surface area (Å²) in [5.41, 5.74) is 3.60. The number of ether oxygens (including phenoxy) is 1. The van der Waals surface area contributed by atoms with Gasteiger partial charge in [0.1, 0.15) is 12.4 Å². The molecule has 0 spiro atoms. The molecule has 0 unspecified atom stereocenters. The van der Waals surface area contributed by atoms with Crippen LogP contribution >= 0.6 is 0 Å². The lowest BCUT2D eigenvalue weighted by Crippen LogP contribution is -2.42. The highest BCUT2D eigenvalue weighted by atomic mass is 19.1. The number of aromatic amines is 1. The molecule has 3 N–H and O–H groups in total. The zero-order valence-corrected chi connectivity index (χ0v) is 18.7. The van der Waals surface area contributed by atoms with Crippen LogP contribution in [0.2, 0.25) is 0 Å². The van der Waals surface area contributed by atoms with E-state index in [0.29, 0.717) is 16.7 Å². The summed E-state index contributed by atoms with van der Waals surface area (Å²) in [6.45, 7) is 6.84. The third kappa shape index (κ3) is 4.55. The molecule has 1 aliphatic heterocycles. The fourth-order valence-corrected chi connectivity index (χ4v) is 4.07. The molecular weight excluding hydrogens is 433 g/mol. The Kier molecular flexibility index (Phi) is 6.08. The third-order valence-corrected chi connectivity index (χ3v) is 5.80. The quantitative estimate of drug-likeness (QED) is 0.398. The number of halogens is 1. The predicted molar refractivity (Wildman–Crippen MR) is 128 cm³/mol. The molecule has 3 heterocycles. The van der Waals surface area contributed by atoms with Crippen molar-refractivity contribution in [2.24, 2.45) is 0 Å². The molecule has 0 bridgehead atoms. The minimum absolute atomic E-state index is 0.00934. The van der Waals surface area contributed by atoms with Crippen molar-refractivity contribution in [3.8, 4) is 17.7 Å². The van der Waals surface area contributed by atoms with Crippen LogP contribution in [0, 0.1) is 24.1 Å². The largest absolute Gasteiger partial charge is 0.434 e. The van der Waals surface area contributed by atoms with Gasteiger partial charge in [0.05, 0.1) is 0 Å². The standard InChI is InChI=1S/C25H24FN7O/c1-16-12-19-21(31-16)6-7-22(23(19)26)34-25-20(13-27)24(29-15-30-25)32-18-4-2-17(3-5-18)14-33-10-8-28-9-11-33/h2-7,12,15,28,31H,8-11,14H2,1H3,(H,29,30,32). The molecule has 2 aromatic heterocycles. The maximum absolute atomic E-state index is 15.0. The van der Waals surface area contributed by atoms with E-state index in [1.165, 1.54) is 18.0 Å². The second kappa shape index (κ2) is 9.47. The normalized spacial score (nSPS) is 14.1. The monoisotopic (exact) mass is 457 g/mol. The summed E-state index contributed by atoms with van der Waals surface area (Å²) in [4.78, 5) is 13.8. The molecule has 5 rings (SSSR count). The molecule has 1 fully saturated rings. The maximum Gasteiger partial charge on any atom is 0.242 e. The van der Waals surface area contributed by atoms with Crippen LogP contribution in [0.25, 0.3) is 10.9 Å². The topological polar surface area (TPSA) is 102 Å². The van der Waals surface area contributed by atoms with Gasteiger partial charge in [-0.05, 0) is 42.8 Å². The molecule has 9 heteroatoms. The number of rotatable bonds is 6. The van der Waals surface area contributed by atoms with Crippen LogP contribution in [0.15, 0.2) is 48.8 Å². The first-order valence-corrected chi connectivity index (χ1v) is 11.1. The summed E-state index contributed by atoms with van der Waals surface area (Å²) in [5, 5.41) is 16.7. The van der Waals surface area contributed by atoms with Gasteiger partial charge in [-0.25, -0.2) is 14.4 Å². The lowest BCUT2D eigenvalue weighted by molar-refractivity contribution is 0.233. The number of H-pyrrole nitrogens is 1. The fourth-order valence-electron chi connectivity index (χ4n) is 4.07. The van der Waals surface area contributed by atoms with Gasteiger partial charge in [0.15, 0.2) is 22.9 Å². The molecule has 0 amide bonds. The predicted octanol–water partition coefficient (Wildman–Crippen LogP) is 4.22. The van der Waals surface area contributed by atoms with Crippen molar-refractivity contribution in [3.05, 3.63) is 71.4 Å². The Balaban J connectivity index is 1.35. The Morgan fingerprint density at radius 1 is 1.15 bits per heavy atom. The Morgan fingerprint density at radius 3 is 2.71 bits per heavy atom. The second-order valence-electron chi connectivity index (χ2n) is 8.26. The SMILES string of the molecule is Cc1cc2c(F)c(Oc3ncnc(Nc4ccc(CN5CCNCC5)cc4)c3C#N)ccc2[nH]1. The Morgan fingerprint density at radius 2 is 1.94 bits per heavy atom. The number of hydrogen-bond acceptors (Lipinski definition) is 7. The van der Waals surface area contributed by atoms with Crippen molar-refractivity contribution in [3.63, 3.8) is 0 Å². The summed E-state index contributed by atoms with van der Waals surface area (Å²) in [5.74, 6) is -0.244. The molecule has 1 saturated heterocycles. The first-order chi connectivity index (χ1) is 16.6. The summed E-state index contributed by atoms with van der Waals surface area (Å²) in [6, 6.07) is 15.0. The number of nitriles is 1. The maximum atomic E-state index is 15.0. The highest BCUT2D eigenvalue weighted by molar-refractivity contribution is 5.83. The van der Waals surface area contributed by atoms with Crippen molar-refractivity contribution in [2.45, 2.75) is 13.5 Å². The zero-order valence-electron chi connectivity index (χ0n) is 18.7. The van der Waals surface area contributed by atoms with Crippen LogP contribution in [0.5, 0.6) is 11.6 Å². The molecule has 4 aromatic rings. The number of piperazine rings is 1. The minimum atomic E-state index is -0.515. The van der Waals surface area contributed by atoms with Gasteiger partial charge in [-0.1, -0.05) is 12.1 Å². The van der Waals surface area contributed by atoms with Gasteiger partial charge >= 0.3 is 0 Å². The number of aromatic nitrogens is 3. The van der Waals surface area contributed by atoms with Crippen molar-refractivity contribution < 1.29 is 9.13 Å². The van der Waals surface area contributed by atoms with Crippen LogP contribution in [-0.2, 0) is 6.54 Å². The minimum Gasteiger partial charge on any atom is -0.434 e. The molecule has 172 valence electrons. The van der Waals surface area contributed by atoms with E-state index in [1.807, 2.05) is 19.1 Å². The lowest BCUT2D eigenvalue weighted by Gasteiger charge is -2.27. The van der Waals surface area contributed by atoms with E-state index in [2.05, 4.69) is 48.7 Å². The van der Waals surface area contributed by atoms with E-state index >= 15 is 0 Å². The highest BCUT2D eigenvalue weighted by Crippen LogP contribution is 2.33. The average molecular weight is 458 g/mol. The Bertz CT molecular complexity index is 1350. The summed E-state index contributed by atoms with van der Waals surface area (Å²) >= 11 is 0. The number of hydrogen-bond donors (Lipinski definition) is 3. The lowest BCUT2D eigenvalue weighted by atomic mass is 10.1. The molecule has 0 atom stereocenters. The van der Waals surface area contributed by atoms with E-state index in [-0.39, 0.29) is 17.2 Å². The van der Waals surface area contributed by atoms with Crippen LogP contribution in [0.4, 0.5) is 15.9 Å². The smallest absolute Gasteiger partial charge is 0.242 e. The summed E-state index contributed by atoms with van der Waals surface area (Å²) < 4.78 is 20.7. The number of anilines is 2. The molecule has 2 aromatic carbocycles. The summed E-state index contributed by atoms with van der Waals surface area (Å²) in [7, 11) is 0. The molecule has 0 radical (unpaired) electrons. The molecule has 34 heavy (non-hydrogen) atoms. The van der Waals surface area contributed by atoms with Crippen molar-refractivity contribution in [2.75, 3.05) is 31.5 Å². The van der Waals surface area contributed by atoms with Gasteiger partial charge in [0.25, 0.3) is 0 Å². The third-order valence-electron chi connectivity index (χ3n) is 5.80. The molecule has 0 saturated carbocycles. The van der Waals surface area contributed by atoms with Gasteiger partial charge < -0.3 is 20.4 Å². The molecule has 1 aliphatic rings. The van der Waals surface area contributed by atoms with Gasteiger partial charge in [-0.2, -0.15) is 5.26 Å². The number of benzene rings is 2. The van der Waals surface area contributed by atoms with Crippen molar-refractivity contribution >= 4 is 22.4 Å².